The maximum atomic E-state index is 13.5. The highest BCUT2D eigenvalue weighted by atomic mass is 32.1. The molecule has 0 fully saturated rings. The van der Waals surface area contributed by atoms with Crippen LogP contribution in [0.25, 0.3) is 0 Å². The molecule has 4 nitrogen and oxygen atoms in total. The SMILES string of the molecule is O=C(Nc1ccc(Nc2ccccc2F)nc1)c1cccs1. The van der Waals surface area contributed by atoms with Crippen molar-refractivity contribution in [1.29, 1.82) is 0 Å². The fourth-order valence-electron chi connectivity index (χ4n) is 1.84. The number of rotatable bonds is 4. The minimum absolute atomic E-state index is 0.174. The second-order valence-corrected chi connectivity index (χ2v) is 5.42. The van der Waals surface area contributed by atoms with E-state index in [2.05, 4.69) is 15.6 Å². The van der Waals surface area contributed by atoms with Crippen LogP contribution in [0.4, 0.5) is 21.6 Å². The van der Waals surface area contributed by atoms with E-state index in [1.807, 2.05) is 11.4 Å². The van der Waals surface area contributed by atoms with Gasteiger partial charge in [0.2, 0.25) is 0 Å². The lowest BCUT2D eigenvalue weighted by molar-refractivity contribution is 0.103. The standard InChI is InChI=1S/C16H12FN3OS/c17-12-4-1-2-5-13(12)20-15-8-7-11(10-18-15)19-16(21)14-6-3-9-22-14/h1-10H,(H,18,20)(H,19,21). The van der Waals surface area contributed by atoms with Gasteiger partial charge in [0.1, 0.15) is 11.6 Å². The summed E-state index contributed by atoms with van der Waals surface area (Å²) in [5.74, 6) is -0.0230. The Balaban J connectivity index is 1.68. The van der Waals surface area contributed by atoms with Crippen molar-refractivity contribution < 1.29 is 9.18 Å². The molecule has 1 amide bonds. The minimum Gasteiger partial charge on any atom is -0.338 e. The van der Waals surface area contributed by atoms with Gasteiger partial charge in [0.25, 0.3) is 5.91 Å². The molecule has 110 valence electrons. The van der Waals surface area contributed by atoms with Gasteiger partial charge < -0.3 is 10.6 Å². The molecule has 1 aromatic carbocycles. The molecule has 0 unspecified atom stereocenters. The van der Waals surface area contributed by atoms with Gasteiger partial charge in [-0.3, -0.25) is 4.79 Å². The molecule has 0 aliphatic carbocycles. The molecule has 0 spiro atoms. The summed E-state index contributed by atoms with van der Waals surface area (Å²) in [6.45, 7) is 0. The first-order valence-electron chi connectivity index (χ1n) is 6.55. The first kappa shape index (κ1) is 14.2. The lowest BCUT2D eigenvalue weighted by Crippen LogP contribution is -2.10. The van der Waals surface area contributed by atoms with E-state index in [9.17, 15) is 9.18 Å². The average Bonchev–Trinajstić information content (AvgIpc) is 3.06. The van der Waals surface area contributed by atoms with Gasteiger partial charge in [-0.25, -0.2) is 9.37 Å². The van der Waals surface area contributed by atoms with Crippen LogP contribution in [-0.2, 0) is 0 Å². The summed E-state index contributed by atoms with van der Waals surface area (Å²) in [5, 5.41) is 7.48. The van der Waals surface area contributed by atoms with E-state index in [1.54, 1.807) is 36.4 Å². The summed E-state index contributed by atoms with van der Waals surface area (Å²) in [4.78, 5) is 16.7. The molecule has 6 heteroatoms. The summed E-state index contributed by atoms with van der Waals surface area (Å²) in [6, 6.07) is 13.3. The highest BCUT2D eigenvalue weighted by molar-refractivity contribution is 7.12. The van der Waals surface area contributed by atoms with E-state index < -0.39 is 0 Å². The van der Waals surface area contributed by atoms with E-state index in [-0.39, 0.29) is 11.7 Å². The maximum Gasteiger partial charge on any atom is 0.265 e. The van der Waals surface area contributed by atoms with Crippen LogP contribution in [-0.4, -0.2) is 10.9 Å². The maximum absolute atomic E-state index is 13.5. The van der Waals surface area contributed by atoms with E-state index in [1.165, 1.54) is 23.6 Å². The number of halogens is 1. The molecular formula is C16H12FN3OS. The Kier molecular flexibility index (Phi) is 4.11. The summed E-state index contributed by atoms with van der Waals surface area (Å²) in [6.07, 6.45) is 1.52. The minimum atomic E-state index is -0.348. The van der Waals surface area contributed by atoms with E-state index in [0.29, 0.717) is 22.1 Å². The number of nitrogens with zero attached hydrogens (tertiary/aromatic N) is 1. The highest BCUT2D eigenvalue weighted by Gasteiger charge is 2.07. The molecule has 2 N–H and O–H groups in total. The van der Waals surface area contributed by atoms with E-state index in [0.717, 1.165) is 0 Å². The third-order valence-corrected chi connectivity index (χ3v) is 3.77. The number of pyridine rings is 1. The van der Waals surface area contributed by atoms with Crippen molar-refractivity contribution in [3.63, 3.8) is 0 Å². The van der Waals surface area contributed by atoms with Crippen LogP contribution in [0.3, 0.4) is 0 Å². The molecule has 22 heavy (non-hydrogen) atoms. The number of amides is 1. The Morgan fingerprint density at radius 3 is 2.64 bits per heavy atom. The number of anilines is 3. The zero-order valence-corrected chi connectivity index (χ0v) is 12.2. The van der Waals surface area contributed by atoms with Gasteiger partial charge in [-0.05, 0) is 35.7 Å². The van der Waals surface area contributed by atoms with Gasteiger partial charge >= 0.3 is 0 Å². The van der Waals surface area contributed by atoms with Crippen LogP contribution >= 0.6 is 11.3 Å². The number of para-hydroxylation sites is 1. The van der Waals surface area contributed by atoms with Gasteiger partial charge in [0.15, 0.2) is 0 Å². The number of carbonyl (C=O) groups is 1. The Morgan fingerprint density at radius 2 is 1.95 bits per heavy atom. The lowest BCUT2D eigenvalue weighted by atomic mass is 10.3. The largest absolute Gasteiger partial charge is 0.338 e. The zero-order chi connectivity index (χ0) is 15.4. The summed E-state index contributed by atoms with van der Waals surface area (Å²) in [5.41, 5.74) is 0.933. The number of hydrogen-bond acceptors (Lipinski definition) is 4. The lowest BCUT2D eigenvalue weighted by Gasteiger charge is -2.08. The molecule has 3 aromatic rings. The van der Waals surface area contributed by atoms with Crippen LogP contribution < -0.4 is 10.6 Å². The zero-order valence-electron chi connectivity index (χ0n) is 11.4. The van der Waals surface area contributed by atoms with Gasteiger partial charge in [0.05, 0.1) is 22.4 Å². The first-order chi connectivity index (χ1) is 10.7. The fourth-order valence-corrected chi connectivity index (χ4v) is 2.46. The van der Waals surface area contributed by atoms with Crippen LogP contribution in [0.15, 0.2) is 60.1 Å². The molecule has 0 bridgehead atoms. The first-order valence-corrected chi connectivity index (χ1v) is 7.43. The molecule has 0 saturated carbocycles. The molecule has 0 saturated heterocycles. The average molecular weight is 313 g/mol. The van der Waals surface area contributed by atoms with Crippen LogP contribution in [0.1, 0.15) is 9.67 Å². The van der Waals surface area contributed by atoms with Crippen LogP contribution in [0, 0.1) is 5.82 Å². The Bertz CT molecular complexity index is 772. The van der Waals surface area contributed by atoms with Crippen LogP contribution in [0.2, 0.25) is 0 Å². The molecule has 2 aromatic heterocycles. The van der Waals surface area contributed by atoms with Crippen molar-refractivity contribution in [3.8, 4) is 0 Å². The molecule has 0 aliphatic rings. The highest BCUT2D eigenvalue weighted by Crippen LogP contribution is 2.19. The van der Waals surface area contributed by atoms with Crippen LogP contribution in [0.5, 0.6) is 0 Å². The van der Waals surface area contributed by atoms with Crippen molar-refractivity contribution in [2.45, 2.75) is 0 Å². The monoisotopic (exact) mass is 313 g/mol. The van der Waals surface area contributed by atoms with Gasteiger partial charge in [-0.15, -0.1) is 11.3 Å². The predicted octanol–water partition coefficient (Wildman–Crippen LogP) is 4.28. The van der Waals surface area contributed by atoms with Gasteiger partial charge in [-0.2, -0.15) is 0 Å². The Labute approximate surface area is 130 Å². The number of nitrogens with one attached hydrogen (secondary N) is 2. The van der Waals surface area contributed by atoms with E-state index in [4.69, 9.17) is 0 Å². The molecule has 3 rings (SSSR count). The van der Waals surface area contributed by atoms with Gasteiger partial charge in [-0.1, -0.05) is 18.2 Å². The topological polar surface area (TPSA) is 54.0 Å². The number of benzene rings is 1. The van der Waals surface area contributed by atoms with Crippen molar-refractivity contribution in [1.82, 2.24) is 4.98 Å². The molecule has 0 radical (unpaired) electrons. The number of hydrogen-bond donors (Lipinski definition) is 2. The predicted molar refractivity (Wildman–Crippen MR) is 86.2 cm³/mol. The van der Waals surface area contributed by atoms with Crippen molar-refractivity contribution in [2.24, 2.45) is 0 Å². The Morgan fingerprint density at radius 1 is 1.09 bits per heavy atom. The quantitative estimate of drug-likeness (QED) is 0.756. The second-order valence-electron chi connectivity index (χ2n) is 4.47. The summed E-state index contributed by atoms with van der Waals surface area (Å²) < 4.78 is 13.5. The molecule has 2 heterocycles. The van der Waals surface area contributed by atoms with Crippen molar-refractivity contribution in [3.05, 3.63) is 70.8 Å². The normalized spacial score (nSPS) is 10.2. The molecular weight excluding hydrogens is 301 g/mol. The second kappa shape index (κ2) is 6.36. The fraction of sp³-hybridized carbons (Fsp3) is 0. The van der Waals surface area contributed by atoms with Crippen molar-refractivity contribution >= 4 is 34.4 Å². The van der Waals surface area contributed by atoms with E-state index >= 15 is 0 Å². The Hall–Kier alpha value is -2.73. The number of thiophene rings is 1. The third kappa shape index (κ3) is 3.29. The third-order valence-electron chi connectivity index (χ3n) is 2.90. The van der Waals surface area contributed by atoms with Crippen molar-refractivity contribution in [2.75, 3.05) is 10.6 Å². The number of aromatic nitrogens is 1. The number of carbonyl (C=O) groups excluding carboxylic acids is 1. The summed E-state index contributed by atoms with van der Waals surface area (Å²) in [7, 11) is 0. The molecule has 0 aliphatic heterocycles. The summed E-state index contributed by atoms with van der Waals surface area (Å²) >= 11 is 1.37. The van der Waals surface area contributed by atoms with Gasteiger partial charge in [0, 0.05) is 0 Å². The molecule has 0 atom stereocenters. The smallest absolute Gasteiger partial charge is 0.265 e.